The number of carboxylic acid groups (broad SMARTS) is 1. The molecule has 2 aromatic rings. The first kappa shape index (κ1) is 30.8. The molecule has 0 saturated carbocycles. The van der Waals surface area contributed by atoms with Crippen molar-refractivity contribution in [2.24, 2.45) is 0 Å². The predicted molar refractivity (Wildman–Crippen MR) is 153 cm³/mol. The number of carbonyl (C=O) groups excluding carboxylic acids is 3. The highest BCUT2D eigenvalue weighted by atomic mass is 28.4. The van der Waals surface area contributed by atoms with Gasteiger partial charge in [-0.2, -0.15) is 0 Å². The molecule has 40 heavy (non-hydrogen) atoms. The molecule has 3 rings (SSSR count). The van der Waals surface area contributed by atoms with Crippen molar-refractivity contribution < 1.29 is 33.4 Å². The maximum Gasteiger partial charge on any atom is 0.404 e. The number of rotatable bonds is 11. The van der Waals surface area contributed by atoms with Gasteiger partial charge in [0.2, 0.25) is 5.91 Å². The largest absolute Gasteiger partial charge is 0.493 e. The van der Waals surface area contributed by atoms with Gasteiger partial charge in [-0.1, -0.05) is 45.0 Å². The molecule has 1 heterocycles. The van der Waals surface area contributed by atoms with Crippen LogP contribution in [-0.2, 0) is 27.1 Å². The van der Waals surface area contributed by atoms with Crippen LogP contribution in [0.3, 0.4) is 0 Å². The zero-order valence-electron chi connectivity index (χ0n) is 23.8. The zero-order valence-corrected chi connectivity index (χ0v) is 24.8. The molecule has 216 valence electrons. The predicted octanol–water partition coefficient (Wildman–Crippen LogP) is 3.95. The fraction of sp³-hybridized carbons (Fsp3) is 0.448. The van der Waals surface area contributed by atoms with E-state index in [2.05, 4.69) is 44.5 Å². The van der Waals surface area contributed by atoms with Gasteiger partial charge in [-0.15, -0.1) is 0 Å². The lowest BCUT2D eigenvalue weighted by Gasteiger charge is -2.37. The topological polar surface area (TPSA) is 134 Å². The van der Waals surface area contributed by atoms with Crippen molar-refractivity contribution in [1.29, 1.82) is 0 Å². The highest BCUT2D eigenvalue weighted by Crippen LogP contribution is 2.38. The van der Waals surface area contributed by atoms with Crippen LogP contribution in [0.15, 0.2) is 48.5 Å². The first-order valence-electron chi connectivity index (χ1n) is 13.3. The lowest BCUT2D eigenvalue weighted by Crippen LogP contribution is -2.46. The van der Waals surface area contributed by atoms with Crippen LogP contribution in [0.2, 0.25) is 18.1 Å². The normalized spacial score (nSPS) is 15.6. The average Bonchev–Trinajstić information content (AvgIpc) is 3.25. The molecule has 3 amide bonds. The highest BCUT2D eigenvalue weighted by Gasteiger charge is 2.43. The Labute approximate surface area is 236 Å². The number of nitrogens with zero attached hydrogens (tertiary/aromatic N) is 1. The monoisotopic (exact) mass is 569 g/mol. The standard InChI is InChI=1S/C29H39N3O7Si/c1-29(2,3)40(4,5)39-25-19-32(18-24(25)33)26(34)14-15-38-23-12-8-21(9-13-23)16-30-27(35)22-10-6-20(7-11-22)17-31-28(36)37/h6-13,25,31H,14-19H2,1-5H3,(H,30,35)(H,36,37). The van der Waals surface area contributed by atoms with Crippen molar-refractivity contribution in [3.8, 4) is 5.75 Å². The fourth-order valence-electron chi connectivity index (χ4n) is 3.84. The van der Waals surface area contributed by atoms with Crippen molar-refractivity contribution in [1.82, 2.24) is 15.5 Å². The van der Waals surface area contributed by atoms with Gasteiger partial charge < -0.3 is 29.8 Å². The Morgan fingerprint density at radius 2 is 1.55 bits per heavy atom. The van der Waals surface area contributed by atoms with Crippen molar-refractivity contribution >= 4 is 32.0 Å². The summed E-state index contributed by atoms with van der Waals surface area (Å²) in [7, 11) is -2.11. The molecule has 1 aliphatic heterocycles. The van der Waals surface area contributed by atoms with Gasteiger partial charge in [0, 0.05) is 18.7 Å². The lowest BCUT2D eigenvalue weighted by molar-refractivity contribution is -0.132. The molecule has 1 fully saturated rings. The van der Waals surface area contributed by atoms with Crippen LogP contribution in [-0.4, -0.2) is 67.8 Å². The maximum absolute atomic E-state index is 12.7. The van der Waals surface area contributed by atoms with E-state index in [0.717, 1.165) is 11.1 Å². The van der Waals surface area contributed by atoms with Crippen molar-refractivity contribution in [2.45, 2.75) is 64.5 Å². The molecule has 1 atom stereocenters. The van der Waals surface area contributed by atoms with E-state index in [0.29, 0.717) is 17.9 Å². The van der Waals surface area contributed by atoms with E-state index in [9.17, 15) is 19.2 Å². The van der Waals surface area contributed by atoms with E-state index >= 15 is 0 Å². The van der Waals surface area contributed by atoms with Crippen LogP contribution >= 0.6 is 0 Å². The van der Waals surface area contributed by atoms with Gasteiger partial charge in [-0.25, -0.2) is 4.79 Å². The first-order valence-corrected chi connectivity index (χ1v) is 16.2. The van der Waals surface area contributed by atoms with Crippen molar-refractivity contribution in [3.63, 3.8) is 0 Å². The number of ether oxygens (including phenoxy) is 1. The van der Waals surface area contributed by atoms with Gasteiger partial charge in [0.15, 0.2) is 14.1 Å². The molecule has 1 unspecified atom stereocenters. The first-order chi connectivity index (χ1) is 18.7. The summed E-state index contributed by atoms with van der Waals surface area (Å²) in [6, 6.07) is 13.9. The molecule has 10 nitrogen and oxygen atoms in total. The minimum atomic E-state index is -2.11. The number of hydrogen-bond acceptors (Lipinski definition) is 6. The van der Waals surface area contributed by atoms with Crippen molar-refractivity contribution in [3.05, 3.63) is 65.2 Å². The van der Waals surface area contributed by atoms with Gasteiger partial charge in [-0.3, -0.25) is 14.4 Å². The number of carbonyl (C=O) groups is 4. The third-order valence-corrected chi connectivity index (χ3v) is 11.8. The number of nitrogens with one attached hydrogen (secondary N) is 2. The third-order valence-electron chi connectivity index (χ3n) is 7.31. The second-order valence-corrected chi connectivity index (χ2v) is 16.1. The minimum absolute atomic E-state index is 0.0181. The second-order valence-electron chi connectivity index (χ2n) is 11.4. The number of hydrogen-bond donors (Lipinski definition) is 3. The number of Topliss-reactive ketones (excluding diaryl/α,β-unsaturated/α-hetero) is 1. The summed E-state index contributed by atoms with van der Waals surface area (Å²) in [6.45, 7) is 11.6. The fourth-order valence-corrected chi connectivity index (χ4v) is 5.11. The molecular formula is C29H39N3O7Si. The maximum atomic E-state index is 12.7. The third kappa shape index (κ3) is 8.65. The molecule has 0 aromatic heterocycles. The number of ketones is 1. The molecule has 0 spiro atoms. The van der Waals surface area contributed by atoms with Crippen LogP contribution in [0.5, 0.6) is 5.75 Å². The number of likely N-dealkylation sites (tertiary alicyclic amines) is 1. The molecule has 1 aliphatic rings. The smallest absolute Gasteiger partial charge is 0.404 e. The van der Waals surface area contributed by atoms with Crippen LogP contribution in [0, 0.1) is 0 Å². The molecule has 1 saturated heterocycles. The van der Waals surface area contributed by atoms with E-state index in [4.69, 9.17) is 14.3 Å². The summed E-state index contributed by atoms with van der Waals surface area (Å²) in [5.74, 6) is 0.172. The van der Waals surface area contributed by atoms with E-state index in [1.165, 1.54) is 0 Å². The van der Waals surface area contributed by atoms with E-state index in [1.54, 1.807) is 41.3 Å². The molecule has 2 aromatic carbocycles. The molecule has 11 heteroatoms. The quantitative estimate of drug-likeness (QED) is 0.349. The second kappa shape index (κ2) is 13.1. The van der Waals surface area contributed by atoms with Gasteiger partial charge in [0.1, 0.15) is 11.9 Å². The Balaban J connectivity index is 1.39. The summed E-state index contributed by atoms with van der Waals surface area (Å²) >= 11 is 0. The Morgan fingerprint density at radius 3 is 2.12 bits per heavy atom. The van der Waals surface area contributed by atoms with Gasteiger partial charge in [0.25, 0.3) is 5.91 Å². The van der Waals surface area contributed by atoms with E-state index in [-0.39, 0.29) is 55.3 Å². The zero-order chi connectivity index (χ0) is 29.5. The van der Waals surface area contributed by atoms with Gasteiger partial charge in [-0.05, 0) is 53.5 Å². The van der Waals surface area contributed by atoms with Gasteiger partial charge in [0.05, 0.1) is 26.1 Å². The summed E-state index contributed by atoms with van der Waals surface area (Å²) in [5, 5.41) is 13.8. The number of amides is 3. The minimum Gasteiger partial charge on any atom is -0.493 e. The van der Waals surface area contributed by atoms with Crippen LogP contribution < -0.4 is 15.4 Å². The molecular weight excluding hydrogens is 530 g/mol. The lowest BCUT2D eigenvalue weighted by atomic mass is 10.1. The summed E-state index contributed by atoms with van der Waals surface area (Å²) in [4.78, 5) is 49.7. The summed E-state index contributed by atoms with van der Waals surface area (Å²) in [6.07, 6.45) is -1.50. The molecule has 3 N–H and O–H groups in total. The Hall–Kier alpha value is -3.70. The number of benzene rings is 2. The highest BCUT2D eigenvalue weighted by molar-refractivity contribution is 6.74. The average molecular weight is 570 g/mol. The Bertz CT molecular complexity index is 1210. The molecule has 0 bridgehead atoms. The van der Waals surface area contributed by atoms with Crippen LogP contribution in [0.1, 0.15) is 48.7 Å². The van der Waals surface area contributed by atoms with Crippen LogP contribution in [0.25, 0.3) is 0 Å². The van der Waals surface area contributed by atoms with E-state index < -0.39 is 20.5 Å². The van der Waals surface area contributed by atoms with Crippen LogP contribution in [0.4, 0.5) is 4.79 Å². The van der Waals surface area contributed by atoms with E-state index in [1.807, 2.05) is 12.1 Å². The Morgan fingerprint density at radius 1 is 0.975 bits per heavy atom. The SMILES string of the molecule is CC(C)(C)[Si](C)(C)OC1CN(C(=O)CCOc2ccc(CNC(=O)c3ccc(CNC(=O)O)cc3)cc2)CC1=O. The summed E-state index contributed by atoms with van der Waals surface area (Å²) < 4.78 is 12.0. The molecule has 0 aliphatic carbocycles. The van der Waals surface area contributed by atoms with Gasteiger partial charge >= 0.3 is 6.09 Å². The van der Waals surface area contributed by atoms with Crippen molar-refractivity contribution in [2.75, 3.05) is 19.7 Å². The molecule has 0 radical (unpaired) electrons. The summed E-state index contributed by atoms with van der Waals surface area (Å²) in [5.41, 5.74) is 2.11. The Kier molecular flexibility index (Phi) is 10.1.